The van der Waals surface area contributed by atoms with Crippen LogP contribution >= 0.6 is 61.5 Å². The van der Waals surface area contributed by atoms with Gasteiger partial charge in [-0.3, -0.25) is 0 Å². The van der Waals surface area contributed by atoms with Crippen molar-refractivity contribution in [2.45, 2.75) is 13.0 Å². The van der Waals surface area contributed by atoms with Crippen LogP contribution in [0.25, 0.3) is 0 Å². The van der Waals surface area contributed by atoms with Gasteiger partial charge in [0.15, 0.2) is 0 Å². The van der Waals surface area contributed by atoms with Gasteiger partial charge in [0.2, 0.25) is 0 Å². The lowest BCUT2D eigenvalue weighted by Crippen LogP contribution is -2.06. The van der Waals surface area contributed by atoms with Crippen molar-refractivity contribution < 1.29 is 0 Å². The van der Waals surface area contributed by atoms with E-state index in [9.17, 15) is 0 Å². The van der Waals surface area contributed by atoms with Gasteiger partial charge in [-0.1, -0.05) is 11.6 Å². The third kappa shape index (κ3) is 3.36. The third-order valence-corrected chi connectivity index (χ3v) is 5.39. The number of thiophene rings is 1. The number of rotatable bonds is 3. The molecule has 0 aliphatic carbocycles. The van der Waals surface area contributed by atoms with E-state index in [-0.39, 0.29) is 6.04 Å². The fourth-order valence-electron chi connectivity index (χ4n) is 1.52. The molecule has 90 valence electrons. The Hall–Kier alpha value is 0.220. The molecule has 1 aromatic heterocycles. The van der Waals surface area contributed by atoms with E-state index in [0.717, 1.165) is 15.2 Å². The minimum Gasteiger partial charge on any atom is -0.376 e. The molecule has 1 unspecified atom stereocenters. The molecule has 1 N–H and O–H groups in total. The molecule has 2 rings (SSSR count). The monoisotopic (exact) mass is 441 g/mol. The Morgan fingerprint density at radius 3 is 2.82 bits per heavy atom. The van der Waals surface area contributed by atoms with Crippen LogP contribution in [0.1, 0.15) is 17.8 Å². The molecule has 2 aromatic rings. The average molecular weight is 443 g/mol. The van der Waals surface area contributed by atoms with Crippen molar-refractivity contribution in [3.8, 4) is 0 Å². The van der Waals surface area contributed by atoms with E-state index in [0.29, 0.717) is 0 Å². The van der Waals surface area contributed by atoms with Crippen LogP contribution in [-0.4, -0.2) is 0 Å². The lowest BCUT2D eigenvalue weighted by Gasteiger charge is -2.16. The van der Waals surface area contributed by atoms with Gasteiger partial charge in [-0.15, -0.1) is 11.3 Å². The van der Waals surface area contributed by atoms with Crippen LogP contribution in [0.15, 0.2) is 34.1 Å². The molecule has 1 atom stereocenters. The minimum atomic E-state index is 0.236. The maximum absolute atomic E-state index is 6.17. The van der Waals surface area contributed by atoms with Crippen molar-refractivity contribution in [2.24, 2.45) is 0 Å². The highest BCUT2D eigenvalue weighted by atomic mass is 127. The maximum atomic E-state index is 6.17. The first kappa shape index (κ1) is 13.6. The van der Waals surface area contributed by atoms with E-state index >= 15 is 0 Å². The predicted molar refractivity (Wildman–Crippen MR) is 88.2 cm³/mol. The topological polar surface area (TPSA) is 12.0 Å². The van der Waals surface area contributed by atoms with Crippen molar-refractivity contribution in [2.75, 3.05) is 5.32 Å². The van der Waals surface area contributed by atoms with E-state index < -0.39 is 0 Å². The van der Waals surface area contributed by atoms with Crippen LogP contribution in [0, 0.1) is 3.57 Å². The Kier molecular flexibility index (Phi) is 4.74. The Balaban J connectivity index is 2.21. The zero-order valence-electron chi connectivity index (χ0n) is 9.01. The second kappa shape index (κ2) is 5.91. The highest BCUT2D eigenvalue weighted by Crippen LogP contribution is 2.33. The number of halogens is 3. The Morgan fingerprint density at radius 2 is 2.18 bits per heavy atom. The summed E-state index contributed by atoms with van der Waals surface area (Å²) in [5.74, 6) is 0. The van der Waals surface area contributed by atoms with Crippen LogP contribution < -0.4 is 5.32 Å². The van der Waals surface area contributed by atoms with Gasteiger partial charge in [-0.25, -0.2) is 0 Å². The van der Waals surface area contributed by atoms with Gasteiger partial charge < -0.3 is 5.32 Å². The molecule has 5 heteroatoms. The number of nitrogens with one attached hydrogen (secondary N) is 1. The molecule has 1 aromatic carbocycles. The van der Waals surface area contributed by atoms with Crippen LogP contribution in [-0.2, 0) is 0 Å². The summed E-state index contributed by atoms with van der Waals surface area (Å²) >= 11 is 13.7. The number of hydrogen-bond acceptors (Lipinski definition) is 2. The summed E-state index contributed by atoms with van der Waals surface area (Å²) in [5.41, 5.74) is 0.978. The normalized spacial score (nSPS) is 12.5. The van der Waals surface area contributed by atoms with Crippen molar-refractivity contribution >= 4 is 67.1 Å². The number of anilines is 1. The van der Waals surface area contributed by atoms with Gasteiger partial charge in [-0.2, -0.15) is 0 Å². The molecular formula is C12H10BrClINS. The molecule has 0 radical (unpaired) electrons. The van der Waals surface area contributed by atoms with Crippen LogP contribution in [0.4, 0.5) is 5.69 Å². The lowest BCUT2D eigenvalue weighted by molar-refractivity contribution is 0.903. The molecule has 0 aliphatic heterocycles. The molecule has 0 aliphatic rings. The Labute approximate surface area is 132 Å². The summed E-state index contributed by atoms with van der Waals surface area (Å²) in [5, 5.41) is 6.27. The molecule has 0 amide bonds. The second-order valence-corrected chi connectivity index (χ2v) is 7.08. The SMILES string of the molecule is CC(Nc1cc(I)ccc1Cl)c1sccc1Br. The van der Waals surface area contributed by atoms with Crippen molar-refractivity contribution in [3.05, 3.63) is 47.6 Å². The van der Waals surface area contributed by atoms with Crippen LogP contribution in [0.2, 0.25) is 5.02 Å². The van der Waals surface area contributed by atoms with E-state index in [1.54, 1.807) is 11.3 Å². The highest BCUT2D eigenvalue weighted by molar-refractivity contribution is 14.1. The molecule has 0 saturated carbocycles. The molecule has 0 spiro atoms. The maximum Gasteiger partial charge on any atom is 0.0638 e. The number of hydrogen-bond donors (Lipinski definition) is 1. The van der Waals surface area contributed by atoms with Gasteiger partial charge in [0.1, 0.15) is 0 Å². The fourth-order valence-corrected chi connectivity index (χ4v) is 3.91. The third-order valence-electron chi connectivity index (χ3n) is 2.34. The summed E-state index contributed by atoms with van der Waals surface area (Å²) in [6.45, 7) is 2.13. The van der Waals surface area contributed by atoms with E-state index in [2.05, 4.69) is 68.3 Å². The van der Waals surface area contributed by atoms with Gasteiger partial charge in [-0.05, 0) is 75.1 Å². The van der Waals surface area contributed by atoms with Crippen LogP contribution in [0.5, 0.6) is 0 Å². The molecule has 1 nitrogen and oxygen atoms in total. The van der Waals surface area contributed by atoms with Gasteiger partial charge in [0.25, 0.3) is 0 Å². The fraction of sp³-hybridized carbons (Fsp3) is 0.167. The smallest absolute Gasteiger partial charge is 0.0638 e. The zero-order chi connectivity index (χ0) is 12.4. The molecular weight excluding hydrogens is 432 g/mol. The first-order valence-corrected chi connectivity index (χ1v) is 8.15. The molecule has 0 fully saturated rings. The Bertz CT molecular complexity index is 529. The lowest BCUT2D eigenvalue weighted by atomic mass is 10.2. The van der Waals surface area contributed by atoms with Crippen molar-refractivity contribution in [1.82, 2.24) is 0 Å². The summed E-state index contributed by atoms with van der Waals surface area (Å²) in [4.78, 5) is 1.28. The standard InChI is InChI=1S/C12H10BrClINS/c1-7(12-9(13)4-5-17-12)16-11-6-8(15)2-3-10(11)14/h2-7,16H,1H3. The molecule has 1 heterocycles. The molecule has 17 heavy (non-hydrogen) atoms. The predicted octanol–water partition coefficient (Wildman–Crippen LogP) is 5.94. The van der Waals surface area contributed by atoms with Gasteiger partial charge in [0.05, 0.1) is 16.8 Å². The van der Waals surface area contributed by atoms with E-state index in [1.807, 2.05) is 12.1 Å². The van der Waals surface area contributed by atoms with E-state index in [4.69, 9.17) is 11.6 Å². The highest BCUT2D eigenvalue weighted by Gasteiger charge is 2.12. The minimum absolute atomic E-state index is 0.236. The summed E-state index contributed by atoms with van der Waals surface area (Å²) in [7, 11) is 0. The van der Waals surface area contributed by atoms with Crippen molar-refractivity contribution in [3.63, 3.8) is 0 Å². The van der Waals surface area contributed by atoms with E-state index in [1.165, 1.54) is 8.45 Å². The molecule has 0 saturated heterocycles. The summed E-state index contributed by atoms with van der Waals surface area (Å²) in [6, 6.07) is 8.27. The average Bonchev–Trinajstić information content (AvgIpc) is 2.70. The van der Waals surface area contributed by atoms with Crippen LogP contribution in [0.3, 0.4) is 0 Å². The summed E-state index contributed by atoms with van der Waals surface area (Å²) in [6.07, 6.45) is 0. The Morgan fingerprint density at radius 1 is 1.41 bits per heavy atom. The molecule has 0 bridgehead atoms. The quantitative estimate of drug-likeness (QED) is 0.580. The largest absolute Gasteiger partial charge is 0.376 e. The number of benzene rings is 1. The van der Waals surface area contributed by atoms with Gasteiger partial charge in [0, 0.05) is 12.9 Å². The van der Waals surface area contributed by atoms with Crippen molar-refractivity contribution in [1.29, 1.82) is 0 Å². The van der Waals surface area contributed by atoms with Gasteiger partial charge >= 0.3 is 0 Å². The second-order valence-electron chi connectivity index (χ2n) is 3.62. The summed E-state index contributed by atoms with van der Waals surface area (Å²) < 4.78 is 2.32. The first-order chi connectivity index (χ1) is 8.08. The zero-order valence-corrected chi connectivity index (χ0v) is 14.3. The first-order valence-electron chi connectivity index (χ1n) is 5.02.